The highest BCUT2D eigenvalue weighted by Gasteiger charge is 2.29. The van der Waals surface area contributed by atoms with Gasteiger partial charge in [0.2, 0.25) is 10.0 Å². The van der Waals surface area contributed by atoms with Gasteiger partial charge in [0.05, 0.1) is 4.90 Å². The lowest BCUT2D eigenvalue weighted by Crippen LogP contribution is -2.39. The summed E-state index contributed by atoms with van der Waals surface area (Å²) in [4.78, 5) is 0.374. The molecule has 1 aliphatic rings. The van der Waals surface area contributed by atoms with E-state index in [2.05, 4.69) is 6.92 Å². The molecule has 112 valence electrons. The first-order valence-corrected chi connectivity index (χ1v) is 8.75. The first-order valence-electron chi connectivity index (χ1n) is 7.31. The van der Waals surface area contributed by atoms with Crippen LogP contribution < -0.4 is 5.73 Å². The summed E-state index contributed by atoms with van der Waals surface area (Å²) < 4.78 is 26.9. The minimum atomic E-state index is -3.35. The Hall–Kier alpha value is -0.910. The molecule has 2 N–H and O–H groups in total. The number of nitrogens with zero attached hydrogens (tertiary/aromatic N) is 1. The van der Waals surface area contributed by atoms with Crippen molar-refractivity contribution in [2.24, 2.45) is 11.7 Å². The van der Waals surface area contributed by atoms with Crippen LogP contribution in [-0.4, -0.2) is 25.8 Å². The second-order valence-electron chi connectivity index (χ2n) is 5.64. The van der Waals surface area contributed by atoms with Gasteiger partial charge in [-0.2, -0.15) is 4.31 Å². The van der Waals surface area contributed by atoms with Gasteiger partial charge in [0, 0.05) is 19.1 Å². The number of hydrogen-bond donors (Lipinski definition) is 1. The first-order chi connectivity index (χ1) is 9.45. The number of benzene rings is 1. The summed E-state index contributed by atoms with van der Waals surface area (Å²) in [5.74, 6) is 0.488. The molecule has 2 unspecified atom stereocenters. The van der Waals surface area contributed by atoms with Crippen molar-refractivity contribution in [2.45, 2.75) is 44.0 Å². The zero-order valence-electron chi connectivity index (χ0n) is 12.2. The Balaban J connectivity index is 2.21. The highest BCUT2D eigenvalue weighted by Crippen LogP contribution is 2.25. The predicted molar refractivity (Wildman–Crippen MR) is 80.8 cm³/mol. The minimum Gasteiger partial charge on any atom is -0.324 e. The number of nitrogens with two attached hydrogens (primary N) is 1. The van der Waals surface area contributed by atoms with E-state index in [1.165, 1.54) is 0 Å². The lowest BCUT2D eigenvalue weighted by atomic mass is 9.97. The van der Waals surface area contributed by atoms with Gasteiger partial charge >= 0.3 is 0 Å². The molecule has 5 heteroatoms. The predicted octanol–water partition coefficient (Wildman–Crippen LogP) is 2.52. The van der Waals surface area contributed by atoms with Crippen molar-refractivity contribution in [3.63, 3.8) is 0 Å². The highest BCUT2D eigenvalue weighted by molar-refractivity contribution is 7.89. The molecule has 1 saturated heterocycles. The zero-order chi connectivity index (χ0) is 14.8. The Morgan fingerprint density at radius 1 is 1.35 bits per heavy atom. The monoisotopic (exact) mass is 296 g/mol. The van der Waals surface area contributed by atoms with Crippen LogP contribution in [0.15, 0.2) is 29.2 Å². The van der Waals surface area contributed by atoms with Crippen molar-refractivity contribution < 1.29 is 8.42 Å². The quantitative estimate of drug-likeness (QED) is 0.928. The number of piperidine rings is 1. The molecule has 1 fully saturated rings. The van der Waals surface area contributed by atoms with E-state index in [1.807, 2.05) is 6.92 Å². The Bertz CT molecular complexity index is 537. The van der Waals surface area contributed by atoms with Gasteiger partial charge in [0.15, 0.2) is 0 Å². The molecule has 0 spiro atoms. The van der Waals surface area contributed by atoms with E-state index < -0.39 is 10.0 Å². The van der Waals surface area contributed by atoms with Gasteiger partial charge in [-0.3, -0.25) is 0 Å². The summed E-state index contributed by atoms with van der Waals surface area (Å²) in [6, 6.07) is 6.87. The molecule has 1 heterocycles. The van der Waals surface area contributed by atoms with Gasteiger partial charge in [-0.1, -0.05) is 25.5 Å². The van der Waals surface area contributed by atoms with Crippen LogP contribution in [0.5, 0.6) is 0 Å². The second kappa shape index (κ2) is 6.24. The lowest BCUT2D eigenvalue weighted by Gasteiger charge is -2.31. The van der Waals surface area contributed by atoms with Crippen molar-refractivity contribution in [1.29, 1.82) is 0 Å². The van der Waals surface area contributed by atoms with Gasteiger partial charge in [-0.25, -0.2) is 8.42 Å². The molecule has 1 aromatic carbocycles. The summed E-state index contributed by atoms with van der Waals surface area (Å²) in [6.07, 6.45) is 3.12. The van der Waals surface area contributed by atoms with E-state index in [-0.39, 0.29) is 6.04 Å². The van der Waals surface area contributed by atoms with Crippen LogP contribution in [0.25, 0.3) is 0 Å². The molecule has 0 aromatic heterocycles. The summed E-state index contributed by atoms with van der Waals surface area (Å²) >= 11 is 0. The van der Waals surface area contributed by atoms with Gasteiger partial charge in [-0.15, -0.1) is 0 Å². The Morgan fingerprint density at radius 2 is 2.00 bits per heavy atom. The highest BCUT2D eigenvalue weighted by atomic mass is 32.2. The van der Waals surface area contributed by atoms with Gasteiger partial charge in [0.25, 0.3) is 0 Å². The summed E-state index contributed by atoms with van der Waals surface area (Å²) in [6.45, 7) is 5.29. The summed E-state index contributed by atoms with van der Waals surface area (Å²) in [5, 5.41) is 0. The standard InChI is InChI=1S/C15H24N2O2S/c1-3-13-5-4-10-17(11-13)20(18,19)15-8-6-14(7-9-15)12(2)16/h6-9,12-13H,3-5,10-11,16H2,1-2H3. The third kappa shape index (κ3) is 3.22. The van der Waals surface area contributed by atoms with E-state index in [9.17, 15) is 8.42 Å². The fraction of sp³-hybridized carbons (Fsp3) is 0.600. The van der Waals surface area contributed by atoms with Gasteiger partial charge < -0.3 is 5.73 Å². The average Bonchev–Trinajstić information content (AvgIpc) is 2.47. The van der Waals surface area contributed by atoms with E-state index >= 15 is 0 Å². The van der Waals surface area contributed by atoms with Crippen LogP contribution in [0.4, 0.5) is 0 Å². The Kier molecular flexibility index (Phi) is 4.83. The molecule has 20 heavy (non-hydrogen) atoms. The van der Waals surface area contributed by atoms with E-state index in [0.717, 1.165) is 24.8 Å². The fourth-order valence-corrected chi connectivity index (χ4v) is 4.23. The zero-order valence-corrected chi connectivity index (χ0v) is 13.1. The van der Waals surface area contributed by atoms with Crippen LogP contribution in [-0.2, 0) is 10.0 Å². The lowest BCUT2D eigenvalue weighted by molar-refractivity contribution is 0.261. The van der Waals surface area contributed by atoms with Crippen molar-refractivity contribution in [2.75, 3.05) is 13.1 Å². The third-order valence-corrected chi connectivity index (χ3v) is 5.98. The molecule has 4 nitrogen and oxygen atoms in total. The molecule has 1 aliphatic heterocycles. The van der Waals surface area contributed by atoms with Crippen molar-refractivity contribution >= 4 is 10.0 Å². The molecule has 0 radical (unpaired) electrons. The molecule has 0 bridgehead atoms. The van der Waals surface area contributed by atoms with Crippen LogP contribution in [0.2, 0.25) is 0 Å². The molecule has 1 aromatic rings. The van der Waals surface area contributed by atoms with Crippen LogP contribution in [0.1, 0.15) is 44.7 Å². The van der Waals surface area contributed by atoms with Crippen molar-refractivity contribution in [3.05, 3.63) is 29.8 Å². The third-order valence-electron chi connectivity index (χ3n) is 4.10. The first kappa shape index (κ1) is 15.5. The Morgan fingerprint density at radius 3 is 2.55 bits per heavy atom. The van der Waals surface area contributed by atoms with E-state index in [1.54, 1.807) is 28.6 Å². The van der Waals surface area contributed by atoms with Crippen molar-refractivity contribution in [1.82, 2.24) is 4.31 Å². The maximum atomic E-state index is 12.6. The topological polar surface area (TPSA) is 63.4 Å². The number of rotatable bonds is 4. The number of sulfonamides is 1. The molecule has 0 amide bonds. The molecular formula is C15H24N2O2S. The molecule has 2 atom stereocenters. The average molecular weight is 296 g/mol. The maximum absolute atomic E-state index is 12.6. The van der Waals surface area contributed by atoms with Crippen LogP contribution in [0.3, 0.4) is 0 Å². The van der Waals surface area contributed by atoms with E-state index in [0.29, 0.717) is 23.9 Å². The molecule has 0 aliphatic carbocycles. The number of hydrogen-bond acceptors (Lipinski definition) is 3. The second-order valence-corrected chi connectivity index (χ2v) is 7.58. The Labute approximate surface area is 122 Å². The van der Waals surface area contributed by atoms with Crippen LogP contribution in [0, 0.1) is 5.92 Å². The SMILES string of the molecule is CCC1CCCN(S(=O)(=O)c2ccc(C(C)N)cc2)C1. The molecule has 2 rings (SSSR count). The largest absolute Gasteiger partial charge is 0.324 e. The van der Waals surface area contributed by atoms with Crippen LogP contribution >= 0.6 is 0 Å². The van der Waals surface area contributed by atoms with Gasteiger partial charge in [-0.05, 0) is 43.4 Å². The minimum absolute atomic E-state index is 0.0776. The summed E-state index contributed by atoms with van der Waals surface area (Å²) in [5.41, 5.74) is 6.74. The smallest absolute Gasteiger partial charge is 0.243 e. The maximum Gasteiger partial charge on any atom is 0.243 e. The normalized spacial score (nSPS) is 22.6. The summed E-state index contributed by atoms with van der Waals surface area (Å²) in [7, 11) is -3.35. The van der Waals surface area contributed by atoms with Gasteiger partial charge in [0.1, 0.15) is 0 Å². The molecule has 0 saturated carbocycles. The molecular weight excluding hydrogens is 272 g/mol. The van der Waals surface area contributed by atoms with Crippen molar-refractivity contribution in [3.8, 4) is 0 Å². The fourth-order valence-electron chi connectivity index (χ4n) is 2.67. The van der Waals surface area contributed by atoms with E-state index in [4.69, 9.17) is 5.73 Å².